The summed E-state index contributed by atoms with van der Waals surface area (Å²) in [7, 11) is 0. The van der Waals surface area contributed by atoms with Crippen molar-refractivity contribution >= 4 is 10.9 Å². The fraction of sp³-hybridized carbons (Fsp3) is 0.111. The molecule has 0 unspecified atom stereocenters. The summed E-state index contributed by atoms with van der Waals surface area (Å²) < 4.78 is 1.59. The van der Waals surface area contributed by atoms with Gasteiger partial charge in [-0.15, -0.1) is 0 Å². The van der Waals surface area contributed by atoms with Gasteiger partial charge in [-0.05, 0) is 61.4 Å². The highest BCUT2D eigenvalue weighted by Crippen LogP contribution is 2.28. The van der Waals surface area contributed by atoms with Gasteiger partial charge in [-0.1, -0.05) is 30.3 Å². The van der Waals surface area contributed by atoms with Crippen molar-refractivity contribution in [2.24, 2.45) is 0 Å². The summed E-state index contributed by atoms with van der Waals surface area (Å²) in [5.74, 6) is 0. The van der Waals surface area contributed by atoms with E-state index in [0.29, 0.717) is 17.1 Å². The molecule has 6 nitrogen and oxygen atoms in total. The molecule has 0 atom stereocenters. The van der Waals surface area contributed by atoms with Gasteiger partial charge in [0.25, 0.3) is 0 Å². The Morgan fingerprint density at radius 1 is 0.970 bits per heavy atom. The zero-order valence-electron chi connectivity index (χ0n) is 18.3. The topological polar surface area (TPSA) is 87.4 Å². The number of nitriles is 1. The highest BCUT2D eigenvalue weighted by atomic mass is 16.1. The first kappa shape index (κ1) is 20.4. The van der Waals surface area contributed by atoms with Gasteiger partial charge in [0.05, 0.1) is 34.1 Å². The average Bonchev–Trinajstić information content (AvgIpc) is 3.25. The summed E-state index contributed by atoms with van der Waals surface area (Å²) >= 11 is 0. The van der Waals surface area contributed by atoms with Crippen LogP contribution in [0.25, 0.3) is 39.1 Å². The Bertz CT molecular complexity index is 1570. The molecule has 0 aliphatic heterocycles. The molecule has 0 bridgehead atoms. The Hall–Kier alpha value is -4.50. The lowest BCUT2D eigenvalue weighted by Crippen LogP contribution is -2.17. The number of fused-ring (bicyclic) bond motifs is 1. The monoisotopic (exact) mass is 431 g/mol. The second-order valence-corrected chi connectivity index (χ2v) is 8.44. The van der Waals surface area contributed by atoms with Gasteiger partial charge in [-0.25, -0.2) is 4.79 Å². The molecule has 0 fully saturated rings. The first-order valence-electron chi connectivity index (χ1n) is 10.6. The Morgan fingerprint density at radius 3 is 2.55 bits per heavy atom. The second-order valence-electron chi connectivity index (χ2n) is 8.44. The van der Waals surface area contributed by atoms with Crippen molar-refractivity contribution < 1.29 is 0 Å². The molecule has 5 rings (SSSR count). The summed E-state index contributed by atoms with van der Waals surface area (Å²) in [6, 6.07) is 23.7. The SMILES string of the molecule is CC(C)(C#N)c1ccc(-n2c(-c3cc(-c4cnc5ccccc5c4)ccn3)c[nH]c2=O)cc1. The molecule has 0 spiro atoms. The molecule has 1 N–H and O–H groups in total. The third-order valence-electron chi connectivity index (χ3n) is 5.85. The van der Waals surface area contributed by atoms with Crippen LogP contribution in [0.5, 0.6) is 0 Å². The molecule has 0 aliphatic rings. The molecule has 0 aliphatic carbocycles. The van der Waals surface area contributed by atoms with Crippen LogP contribution in [0.15, 0.2) is 90.1 Å². The Kier molecular flexibility index (Phi) is 4.87. The van der Waals surface area contributed by atoms with E-state index in [1.54, 1.807) is 17.0 Å². The van der Waals surface area contributed by atoms with Crippen LogP contribution in [0.4, 0.5) is 0 Å². The van der Waals surface area contributed by atoms with Crippen molar-refractivity contribution in [2.45, 2.75) is 19.3 Å². The smallest absolute Gasteiger partial charge is 0.312 e. The lowest BCUT2D eigenvalue weighted by molar-refractivity contribution is 0.686. The van der Waals surface area contributed by atoms with Gasteiger partial charge in [-0.2, -0.15) is 5.26 Å². The van der Waals surface area contributed by atoms with Crippen LogP contribution < -0.4 is 5.69 Å². The average molecular weight is 431 g/mol. The number of hydrogen-bond acceptors (Lipinski definition) is 4. The minimum atomic E-state index is -0.603. The quantitative estimate of drug-likeness (QED) is 0.421. The van der Waals surface area contributed by atoms with Gasteiger partial charge in [0.2, 0.25) is 0 Å². The number of hydrogen-bond donors (Lipinski definition) is 1. The van der Waals surface area contributed by atoms with E-state index in [1.807, 2.05) is 80.7 Å². The molecule has 5 aromatic rings. The molecule has 0 amide bonds. The molecule has 160 valence electrons. The number of benzene rings is 2. The maximum atomic E-state index is 12.7. The summed E-state index contributed by atoms with van der Waals surface area (Å²) in [4.78, 5) is 24.5. The number of nitrogens with zero attached hydrogens (tertiary/aromatic N) is 4. The normalized spacial score (nSPS) is 11.4. The van der Waals surface area contributed by atoms with Crippen molar-refractivity contribution in [1.29, 1.82) is 5.26 Å². The minimum Gasteiger partial charge on any atom is -0.312 e. The largest absolute Gasteiger partial charge is 0.330 e. The predicted molar refractivity (Wildman–Crippen MR) is 129 cm³/mol. The van der Waals surface area contributed by atoms with Gasteiger partial charge < -0.3 is 4.98 Å². The van der Waals surface area contributed by atoms with E-state index in [0.717, 1.165) is 27.6 Å². The van der Waals surface area contributed by atoms with Crippen LogP contribution in [0, 0.1) is 11.3 Å². The van der Waals surface area contributed by atoms with Gasteiger partial charge >= 0.3 is 5.69 Å². The molecule has 0 saturated heterocycles. The van der Waals surface area contributed by atoms with Crippen molar-refractivity contribution in [3.05, 3.63) is 101 Å². The number of aromatic nitrogens is 4. The zero-order chi connectivity index (χ0) is 23.0. The summed E-state index contributed by atoms with van der Waals surface area (Å²) in [5.41, 5.74) is 4.94. The van der Waals surface area contributed by atoms with E-state index in [1.165, 1.54) is 0 Å². The molecular formula is C27H21N5O. The van der Waals surface area contributed by atoms with E-state index < -0.39 is 5.41 Å². The van der Waals surface area contributed by atoms with E-state index in [9.17, 15) is 10.1 Å². The van der Waals surface area contributed by atoms with Crippen LogP contribution in [-0.4, -0.2) is 19.5 Å². The molecule has 6 heteroatoms. The third kappa shape index (κ3) is 3.70. The van der Waals surface area contributed by atoms with Crippen molar-refractivity contribution in [1.82, 2.24) is 19.5 Å². The van der Waals surface area contributed by atoms with E-state index in [4.69, 9.17) is 0 Å². The number of H-pyrrole nitrogens is 1. The summed E-state index contributed by atoms with van der Waals surface area (Å²) in [6.07, 6.45) is 5.25. The van der Waals surface area contributed by atoms with E-state index in [2.05, 4.69) is 27.1 Å². The highest BCUT2D eigenvalue weighted by molar-refractivity contribution is 5.84. The summed E-state index contributed by atoms with van der Waals surface area (Å²) in [5, 5.41) is 10.5. The maximum Gasteiger partial charge on any atom is 0.330 e. The van der Waals surface area contributed by atoms with Gasteiger partial charge in [0.1, 0.15) is 0 Å². The van der Waals surface area contributed by atoms with Gasteiger partial charge in [-0.3, -0.25) is 14.5 Å². The van der Waals surface area contributed by atoms with Crippen molar-refractivity contribution in [3.8, 4) is 34.3 Å². The predicted octanol–water partition coefficient (Wildman–Crippen LogP) is 5.24. The molecule has 3 heterocycles. The molecule has 0 radical (unpaired) electrons. The molecule has 3 aromatic heterocycles. The fourth-order valence-electron chi connectivity index (χ4n) is 3.88. The van der Waals surface area contributed by atoms with E-state index >= 15 is 0 Å². The maximum absolute atomic E-state index is 12.7. The Balaban J connectivity index is 1.57. The van der Waals surface area contributed by atoms with Crippen LogP contribution in [-0.2, 0) is 5.41 Å². The Labute approximate surface area is 190 Å². The van der Waals surface area contributed by atoms with E-state index in [-0.39, 0.29) is 5.69 Å². The number of aromatic amines is 1. The zero-order valence-corrected chi connectivity index (χ0v) is 18.3. The Morgan fingerprint density at radius 2 is 1.76 bits per heavy atom. The third-order valence-corrected chi connectivity index (χ3v) is 5.85. The van der Waals surface area contributed by atoms with Gasteiger partial charge in [0.15, 0.2) is 0 Å². The molecular weight excluding hydrogens is 410 g/mol. The number of rotatable bonds is 4. The number of imidazole rings is 1. The molecule has 2 aromatic carbocycles. The van der Waals surface area contributed by atoms with Crippen molar-refractivity contribution in [2.75, 3.05) is 0 Å². The van der Waals surface area contributed by atoms with Crippen LogP contribution >= 0.6 is 0 Å². The standard InChI is InChI=1S/C27H21N5O/c1-27(2,17-28)21-7-9-22(10-8-21)32-25(16-31-26(32)33)24-14-18(11-12-29-24)20-13-19-5-3-4-6-23(19)30-15-20/h3-16H,1-2H3,(H,31,33). The molecule has 33 heavy (non-hydrogen) atoms. The molecule has 0 saturated carbocycles. The number of nitrogens with one attached hydrogen (secondary N) is 1. The number of pyridine rings is 2. The van der Waals surface area contributed by atoms with Crippen LogP contribution in [0.1, 0.15) is 19.4 Å². The second kappa shape index (κ2) is 7.88. The summed E-state index contributed by atoms with van der Waals surface area (Å²) in [6.45, 7) is 3.74. The lowest BCUT2D eigenvalue weighted by Gasteiger charge is -2.16. The first-order chi connectivity index (χ1) is 16.0. The fourth-order valence-corrected chi connectivity index (χ4v) is 3.88. The first-order valence-corrected chi connectivity index (χ1v) is 10.6. The van der Waals surface area contributed by atoms with Crippen LogP contribution in [0.3, 0.4) is 0 Å². The van der Waals surface area contributed by atoms with Crippen LogP contribution in [0.2, 0.25) is 0 Å². The minimum absolute atomic E-state index is 0.253. The lowest BCUT2D eigenvalue weighted by atomic mass is 9.86. The van der Waals surface area contributed by atoms with Gasteiger partial charge in [0, 0.05) is 29.5 Å². The number of para-hydroxylation sites is 1. The highest BCUT2D eigenvalue weighted by Gasteiger charge is 2.20. The van der Waals surface area contributed by atoms with Crippen molar-refractivity contribution in [3.63, 3.8) is 0 Å².